The summed E-state index contributed by atoms with van der Waals surface area (Å²) in [5, 5.41) is 3.03. The van der Waals surface area contributed by atoms with Gasteiger partial charge in [-0.25, -0.2) is 9.97 Å². The SMILES string of the molecule is CCc1ncnc(CC)c1C(=O)NCC1CCC(C(N)=O)CC1. The molecule has 1 heterocycles. The number of carbonyl (C=O) groups is 2. The topological polar surface area (TPSA) is 98.0 Å². The van der Waals surface area contributed by atoms with Crippen molar-refractivity contribution in [3.8, 4) is 0 Å². The highest BCUT2D eigenvalue weighted by atomic mass is 16.2. The summed E-state index contributed by atoms with van der Waals surface area (Å²) in [6.07, 6.45) is 6.46. The Bertz CT molecular complexity index is 543. The molecule has 0 saturated heterocycles. The van der Waals surface area contributed by atoms with Crippen molar-refractivity contribution in [1.82, 2.24) is 15.3 Å². The van der Waals surface area contributed by atoms with Gasteiger partial charge in [-0.1, -0.05) is 13.8 Å². The molecule has 0 spiro atoms. The number of primary amides is 1. The number of hydrogen-bond acceptors (Lipinski definition) is 4. The van der Waals surface area contributed by atoms with Crippen LogP contribution in [0.1, 0.15) is 61.3 Å². The molecule has 3 N–H and O–H groups in total. The molecule has 23 heavy (non-hydrogen) atoms. The maximum atomic E-state index is 12.6. The second-order valence-corrected chi connectivity index (χ2v) is 6.18. The van der Waals surface area contributed by atoms with Crippen LogP contribution in [0, 0.1) is 11.8 Å². The molecule has 1 aromatic rings. The van der Waals surface area contributed by atoms with Gasteiger partial charge in [0.1, 0.15) is 6.33 Å². The number of nitrogens with zero attached hydrogens (tertiary/aromatic N) is 2. The number of carbonyl (C=O) groups excluding carboxylic acids is 2. The Morgan fingerprint density at radius 3 is 2.17 bits per heavy atom. The van der Waals surface area contributed by atoms with Crippen LogP contribution in [0.5, 0.6) is 0 Å². The lowest BCUT2D eigenvalue weighted by Crippen LogP contribution is -2.34. The first-order chi connectivity index (χ1) is 11.1. The van der Waals surface area contributed by atoms with Crippen molar-refractivity contribution < 1.29 is 9.59 Å². The quantitative estimate of drug-likeness (QED) is 0.832. The van der Waals surface area contributed by atoms with Crippen molar-refractivity contribution in [2.24, 2.45) is 17.6 Å². The predicted octanol–water partition coefficient (Wildman–Crippen LogP) is 1.62. The largest absolute Gasteiger partial charge is 0.369 e. The summed E-state index contributed by atoms with van der Waals surface area (Å²) in [4.78, 5) is 32.2. The molecular weight excluding hydrogens is 292 g/mol. The van der Waals surface area contributed by atoms with E-state index in [1.165, 1.54) is 6.33 Å². The number of aromatic nitrogens is 2. The highest BCUT2D eigenvalue weighted by Crippen LogP contribution is 2.28. The molecule has 0 unspecified atom stereocenters. The fourth-order valence-corrected chi connectivity index (χ4v) is 3.24. The highest BCUT2D eigenvalue weighted by molar-refractivity contribution is 5.96. The van der Waals surface area contributed by atoms with Crippen LogP contribution in [0.15, 0.2) is 6.33 Å². The lowest BCUT2D eigenvalue weighted by molar-refractivity contribution is -0.122. The van der Waals surface area contributed by atoms with Crippen molar-refractivity contribution in [3.63, 3.8) is 0 Å². The normalized spacial score (nSPS) is 21.0. The minimum atomic E-state index is -0.200. The van der Waals surface area contributed by atoms with E-state index in [-0.39, 0.29) is 17.7 Å². The third kappa shape index (κ3) is 4.27. The zero-order chi connectivity index (χ0) is 16.8. The average Bonchev–Trinajstić information content (AvgIpc) is 2.59. The van der Waals surface area contributed by atoms with E-state index in [1.54, 1.807) is 0 Å². The molecule has 1 fully saturated rings. The zero-order valence-corrected chi connectivity index (χ0v) is 14.0. The van der Waals surface area contributed by atoms with Gasteiger partial charge < -0.3 is 11.1 Å². The van der Waals surface area contributed by atoms with E-state index in [4.69, 9.17) is 5.73 Å². The van der Waals surface area contributed by atoms with Gasteiger partial charge in [-0.3, -0.25) is 9.59 Å². The Balaban J connectivity index is 1.95. The Hall–Kier alpha value is -1.98. The van der Waals surface area contributed by atoms with Crippen molar-refractivity contribution in [3.05, 3.63) is 23.3 Å². The summed E-state index contributed by atoms with van der Waals surface area (Å²) in [5.74, 6) is 0.127. The van der Waals surface area contributed by atoms with Gasteiger partial charge in [0, 0.05) is 12.5 Å². The average molecular weight is 318 g/mol. The Kier molecular flexibility index (Phi) is 6.07. The van der Waals surface area contributed by atoms with Crippen LogP contribution >= 0.6 is 0 Å². The van der Waals surface area contributed by atoms with E-state index in [0.29, 0.717) is 30.9 Å². The van der Waals surface area contributed by atoms with Crippen molar-refractivity contribution >= 4 is 11.8 Å². The monoisotopic (exact) mass is 318 g/mol. The Labute approximate surface area is 137 Å². The van der Waals surface area contributed by atoms with Crippen LogP contribution in [0.25, 0.3) is 0 Å². The molecule has 6 heteroatoms. The van der Waals surface area contributed by atoms with Gasteiger partial charge in [-0.05, 0) is 44.4 Å². The summed E-state index contributed by atoms with van der Waals surface area (Å²) >= 11 is 0. The van der Waals surface area contributed by atoms with Crippen LogP contribution in [0.4, 0.5) is 0 Å². The summed E-state index contributed by atoms with van der Waals surface area (Å²) < 4.78 is 0. The van der Waals surface area contributed by atoms with Crippen LogP contribution in [0.3, 0.4) is 0 Å². The fraction of sp³-hybridized carbons (Fsp3) is 0.647. The van der Waals surface area contributed by atoms with Gasteiger partial charge in [0.25, 0.3) is 5.91 Å². The van der Waals surface area contributed by atoms with Crippen molar-refractivity contribution in [2.75, 3.05) is 6.54 Å². The van der Waals surface area contributed by atoms with E-state index >= 15 is 0 Å². The Morgan fingerprint density at radius 1 is 1.13 bits per heavy atom. The molecule has 6 nitrogen and oxygen atoms in total. The van der Waals surface area contributed by atoms with E-state index in [1.807, 2.05) is 13.8 Å². The highest BCUT2D eigenvalue weighted by Gasteiger charge is 2.25. The second-order valence-electron chi connectivity index (χ2n) is 6.18. The molecule has 0 aliphatic heterocycles. The number of amides is 2. The van der Waals surface area contributed by atoms with Crippen LogP contribution in [-0.4, -0.2) is 28.3 Å². The van der Waals surface area contributed by atoms with Gasteiger partial charge in [-0.2, -0.15) is 0 Å². The lowest BCUT2D eigenvalue weighted by Gasteiger charge is -2.26. The molecular formula is C17H26N4O2. The standard InChI is InChI=1S/C17H26N4O2/c1-3-13-15(14(4-2)21-10-20-13)17(23)19-9-11-5-7-12(8-6-11)16(18)22/h10-12H,3-9H2,1-2H3,(H2,18,22)(H,19,23). The molecule has 126 valence electrons. The van der Waals surface area contributed by atoms with Crippen LogP contribution < -0.4 is 11.1 Å². The zero-order valence-electron chi connectivity index (χ0n) is 14.0. The molecule has 1 saturated carbocycles. The third-order valence-corrected chi connectivity index (χ3v) is 4.70. The number of hydrogen-bond donors (Lipinski definition) is 2. The van der Waals surface area contributed by atoms with Gasteiger partial charge in [0.15, 0.2) is 0 Å². The van der Waals surface area contributed by atoms with Crippen LogP contribution in [0.2, 0.25) is 0 Å². The summed E-state index contributed by atoms with van der Waals surface area (Å²) in [6, 6.07) is 0. The fourth-order valence-electron chi connectivity index (χ4n) is 3.24. The maximum absolute atomic E-state index is 12.6. The smallest absolute Gasteiger partial charge is 0.255 e. The van der Waals surface area contributed by atoms with E-state index in [2.05, 4.69) is 15.3 Å². The number of rotatable bonds is 6. The van der Waals surface area contributed by atoms with E-state index < -0.39 is 0 Å². The first-order valence-electron chi connectivity index (χ1n) is 8.47. The predicted molar refractivity (Wildman–Crippen MR) is 87.8 cm³/mol. The van der Waals surface area contributed by atoms with E-state index in [9.17, 15) is 9.59 Å². The molecule has 2 rings (SSSR count). The van der Waals surface area contributed by atoms with Crippen molar-refractivity contribution in [1.29, 1.82) is 0 Å². The minimum Gasteiger partial charge on any atom is -0.369 e. The number of nitrogens with one attached hydrogen (secondary N) is 1. The van der Waals surface area contributed by atoms with Crippen molar-refractivity contribution in [2.45, 2.75) is 52.4 Å². The molecule has 0 atom stereocenters. The Morgan fingerprint density at radius 2 is 1.70 bits per heavy atom. The molecule has 2 amide bonds. The third-order valence-electron chi connectivity index (χ3n) is 4.70. The first-order valence-corrected chi connectivity index (χ1v) is 8.47. The summed E-state index contributed by atoms with van der Waals surface area (Å²) in [6.45, 7) is 4.61. The van der Waals surface area contributed by atoms with E-state index in [0.717, 1.165) is 37.1 Å². The maximum Gasteiger partial charge on any atom is 0.255 e. The first kappa shape index (κ1) is 17.4. The number of aryl methyl sites for hydroxylation is 2. The second kappa shape index (κ2) is 8.04. The summed E-state index contributed by atoms with van der Waals surface area (Å²) in [7, 11) is 0. The minimum absolute atomic E-state index is 0.00265. The van der Waals surface area contributed by atoms with Gasteiger partial charge in [0.2, 0.25) is 5.91 Å². The number of nitrogens with two attached hydrogens (primary N) is 1. The lowest BCUT2D eigenvalue weighted by atomic mass is 9.81. The summed E-state index contributed by atoms with van der Waals surface area (Å²) in [5.41, 5.74) is 7.58. The van der Waals surface area contributed by atoms with Gasteiger partial charge in [-0.15, -0.1) is 0 Å². The molecule has 0 radical (unpaired) electrons. The molecule has 1 aromatic heterocycles. The molecule has 0 bridgehead atoms. The van der Waals surface area contributed by atoms with Gasteiger partial charge >= 0.3 is 0 Å². The molecule has 0 aromatic carbocycles. The molecule has 1 aliphatic carbocycles. The van der Waals surface area contributed by atoms with Gasteiger partial charge in [0.05, 0.1) is 17.0 Å². The van der Waals surface area contributed by atoms with Crippen LogP contribution in [-0.2, 0) is 17.6 Å². The molecule has 1 aliphatic rings.